The molecule has 0 saturated heterocycles. The average molecular weight is 418 g/mol. The van der Waals surface area contributed by atoms with Crippen LogP contribution in [0, 0.1) is 0 Å². The normalized spacial score (nSPS) is 10.8. The van der Waals surface area contributed by atoms with Crippen LogP contribution < -0.4 is 20.7 Å². The number of amides is 2. The predicted molar refractivity (Wildman–Crippen MR) is 124 cm³/mol. The van der Waals surface area contributed by atoms with Crippen molar-refractivity contribution in [3.05, 3.63) is 84.4 Å². The molecule has 0 saturated carbocycles. The molecule has 6 nitrogen and oxygen atoms in total. The van der Waals surface area contributed by atoms with E-state index in [1.54, 1.807) is 48.5 Å². The molecule has 6 heteroatoms. The van der Waals surface area contributed by atoms with Crippen molar-refractivity contribution in [2.75, 3.05) is 17.2 Å². The fourth-order valence-corrected chi connectivity index (χ4v) is 2.77. The Balaban J connectivity index is 1.47. The maximum atomic E-state index is 12.2. The summed E-state index contributed by atoms with van der Waals surface area (Å²) in [6, 6.07) is 23.7. The van der Waals surface area contributed by atoms with Gasteiger partial charge >= 0.3 is 0 Å². The number of nitrogens with one attached hydrogen (secondary N) is 3. The van der Waals surface area contributed by atoms with Crippen LogP contribution in [-0.2, 0) is 4.79 Å². The van der Waals surface area contributed by atoms with Crippen molar-refractivity contribution in [1.82, 2.24) is 5.32 Å². The van der Waals surface area contributed by atoms with Gasteiger partial charge in [0.15, 0.2) is 0 Å². The molecule has 0 aliphatic rings. The second kappa shape index (κ2) is 9.80. The van der Waals surface area contributed by atoms with Gasteiger partial charge in [0.2, 0.25) is 5.91 Å². The largest absolute Gasteiger partial charge is 0.457 e. The summed E-state index contributed by atoms with van der Waals surface area (Å²) in [7, 11) is 0. The summed E-state index contributed by atoms with van der Waals surface area (Å²) in [5, 5.41) is 8.81. The molecular weight excluding hydrogens is 390 g/mol. The Bertz CT molecular complexity index is 1010. The first kappa shape index (κ1) is 21.9. The Morgan fingerprint density at radius 3 is 1.97 bits per heavy atom. The number of hydrogen-bond donors (Lipinski definition) is 3. The van der Waals surface area contributed by atoms with E-state index < -0.39 is 0 Å². The van der Waals surface area contributed by atoms with Gasteiger partial charge in [-0.05, 0) is 81.4 Å². The third-order valence-electron chi connectivity index (χ3n) is 4.21. The molecule has 0 heterocycles. The summed E-state index contributed by atoms with van der Waals surface area (Å²) in [5.41, 5.74) is 1.72. The maximum Gasteiger partial charge on any atom is 0.251 e. The van der Waals surface area contributed by atoms with Crippen LogP contribution in [0.15, 0.2) is 78.9 Å². The smallest absolute Gasteiger partial charge is 0.251 e. The fourth-order valence-electron chi connectivity index (χ4n) is 2.77. The Kier molecular flexibility index (Phi) is 6.92. The zero-order valence-corrected chi connectivity index (χ0v) is 17.9. The van der Waals surface area contributed by atoms with Crippen LogP contribution in [0.4, 0.5) is 11.4 Å². The Morgan fingerprint density at radius 1 is 0.774 bits per heavy atom. The van der Waals surface area contributed by atoms with E-state index in [2.05, 4.69) is 16.0 Å². The number of carbonyl (C=O) groups is 2. The lowest BCUT2D eigenvalue weighted by molar-refractivity contribution is -0.114. The van der Waals surface area contributed by atoms with Crippen LogP contribution in [0.2, 0.25) is 0 Å². The van der Waals surface area contributed by atoms with Crippen molar-refractivity contribution >= 4 is 23.2 Å². The number of ether oxygens (including phenoxy) is 1. The monoisotopic (exact) mass is 417 g/mol. The molecule has 2 amide bonds. The lowest BCUT2D eigenvalue weighted by Gasteiger charge is -2.20. The SMILES string of the molecule is CC(C)(C)NC(=O)c1ccc(NCC(=O)Nc2ccc(Oc3ccccc3)cc2)cc1. The summed E-state index contributed by atoms with van der Waals surface area (Å²) in [6.07, 6.45) is 0. The summed E-state index contributed by atoms with van der Waals surface area (Å²) < 4.78 is 5.74. The molecule has 0 radical (unpaired) electrons. The van der Waals surface area contributed by atoms with E-state index in [9.17, 15) is 9.59 Å². The standard InChI is InChI=1S/C25H27N3O3/c1-25(2,3)28-24(30)18-9-11-19(12-10-18)26-17-23(29)27-20-13-15-22(16-14-20)31-21-7-5-4-6-8-21/h4-16,26H,17H2,1-3H3,(H,27,29)(H,28,30). The third-order valence-corrected chi connectivity index (χ3v) is 4.21. The minimum atomic E-state index is -0.294. The zero-order valence-electron chi connectivity index (χ0n) is 17.9. The van der Waals surface area contributed by atoms with Crippen molar-refractivity contribution in [3.8, 4) is 11.5 Å². The van der Waals surface area contributed by atoms with E-state index >= 15 is 0 Å². The Labute approximate surface area is 182 Å². The lowest BCUT2D eigenvalue weighted by Crippen LogP contribution is -2.40. The zero-order chi connectivity index (χ0) is 22.3. The van der Waals surface area contributed by atoms with Gasteiger partial charge in [0.25, 0.3) is 5.91 Å². The maximum absolute atomic E-state index is 12.2. The number of rotatable bonds is 7. The number of anilines is 2. The van der Waals surface area contributed by atoms with Gasteiger partial charge < -0.3 is 20.7 Å². The average Bonchev–Trinajstić information content (AvgIpc) is 2.73. The molecule has 3 N–H and O–H groups in total. The summed E-state index contributed by atoms with van der Waals surface area (Å²) >= 11 is 0. The molecule has 0 aliphatic carbocycles. The first-order chi connectivity index (χ1) is 14.8. The summed E-state index contributed by atoms with van der Waals surface area (Å²) in [5.74, 6) is 1.14. The molecule has 0 aromatic heterocycles. The molecule has 0 bridgehead atoms. The molecule has 0 atom stereocenters. The molecule has 3 aromatic rings. The van der Waals surface area contributed by atoms with Gasteiger partial charge in [-0.25, -0.2) is 0 Å². The molecule has 31 heavy (non-hydrogen) atoms. The lowest BCUT2D eigenvalue weighted by atomic mass is 10.1. The molecule has 0 unspecified atom stereocenters. The van der Waals surface area contributed by atoms with Crippen LogP contribution in [0.3, 0.4) is 0 Å². The van der Waals surface area contributed by atoms with E-state index in [-0.39, 0.29) is 23.9 Å². The van der Waals surface area contributed by atoms with Crippen LogP contribution in [0.1, 0.15) is 31.1 Å². The Hall–Kier alpha value is -3.80. The quantitative estimate of drug-likeness (QED) is 0.502. The van der Waals surface area contributed by atoms with Gasteiger partial charge in [0, 0.05) is 22.5 Å². The highest BCUT2D eigenvalue weighted by Crippen LogP contribution is 2.22. The first-order valence-electron chi connectivity index (χ1n) is 10.1. The number of benzene rings is 3. The second-order valence-electron chi connectivity index (χ2n) is 8.12. The van der Waals surface area contributed by atoms with E-state index in [0.29, 0.717) is 17.0 Å². The minimum absolute atomic E-state index is 0.107. The molecular formula is C25H27N3O3. The second-order valence-corrected chi connectivity index (χ2v) is 8.12. The van der Waals surface area contributed by atoms with Gasteiger partial charge in [-0.2, -0.15) is 0 Å². The Morgan fingerprint density at radius 2 is 1.35 bits per heavy atom. The number of para-hydroxylation sites is 1. The predicted octanol–water partition coefficient (Wildman–Crippen LogP) is 5.06. The van der Waals surface area contributed by atoms with Gasteiger partial charge in [-0.1, -0.05) is 18.2 Å². The molecule has 160 valence electrons. The molecule has 0 spiro atoms. The van der Waals surface area contributed by atoms with E-state index in [1.165, 1.54) is 0 Å². The van der Waals surface area contributed by atoms with Crippen molar-refractivity contribution < 1.29 is 14.3 Å². The molecule has 3 aromatic carbocycles. The minimum Gasteiger partial charge on any atom is -0.457 e. The highest BCUT2D eigenvalue weighted by Gasteiger charge is 2.15. The van der Waals surface area contributed by atoms with Crippen LogP contribution in [0.5, 0.6) is 11.5 Å². The van der Waals surface area contributed by atoms with Crippen LogP contribution in [-0.4, -0.2) is 23.9 Å². The van der Waals surface area contributed by atoms with Crippen molar-refractivity contribution in [1.29, 1.82) is 0 Å². The van der Waals surface area contributed by atoms with E-state index in [0.717, 1.165) is 11.4 Å². The van der Waals surface area contributed by atoms with Crippen LogP contribution >= 0.6 is 0 Å². The van der Waals surface area contributed by atoms with Crippen molar-refractivity contribution in [3.63, 3.8) is 0 Å². The van der Waals surface area contributed by atoms with Crippen molar-refractivity contribution in [2.45, 2.75) is 26.3 Å². The first-order valence-corrected chi connectivity index (χ1v) is 10.1. The third kappa shape index (κ3) is 7.19. The van der Waals surface area contributed by atoms with Gasteiger partial charge in [-0.15, -0.1) is 0 Å². The fraction of sp³-hybridized carbons (Fsp3) is 0.200. The summed E-state index contributed by atoms with van der Waals surface area (Å²) in [6.45, 7) is 5.91. The van der Waals surface area contributed by atoms with Gasteiger partial charge in [-0.3, -0.25) is 9.59 Å². The van der Waals surface area contributed by atoms with Gasteiger partial charge in [0.1, 0.15) is 11.5 Å². The highest BCUT2D eigenvalue weighted by atomic mass is 16.5. The van der Waals surface area contributed by atoms with Crippen molar-refractivity contribution in [2.24, 2.45) is 0 Å². The molecule has 0 aliphatic heterocycles. The molecule has 0 fully saturated rings. The topological polar surface area (TPSA) is 79.5 Å². The summed E-state index contributed by atoms with van der Waals surface area (Å²) in [4.78, 5) is 24.4. The van der Waals surface area contributed by atoms with Gasteiger partial charge in [0.05, 0.1) is 6.54 Å². The molecule has 3 rings (SSSR count). The van der Waals surface area contributed by atoms with E-state index in [1.807, 2.05) is 51.1 Å². The number of hydrogen-bond acceptors (Lipinski definition) is 4. The highest BCUT2D eigenvalue weighted by molar-refractivity contribution is 5.95. The van der Waals surface area contributed by atoms with Crippen LogP contribution in [0.25, 0.3) is 0 Å². The number of carbonyl (C=O) groups excluding carboxylic acids is 2. The van der Waals surface area contributed by atoms with E-state index in [4.69, 9.17) is 4.74 Å².